The molecule has 0 radical (unpaired) electrons. The van der Waals surface area contributed by atoms with E-state index in [1.54, 1.807) is 4.90 Å². The Morgan fingerprint density at radius 3 is 2.81 bits per heavy atom. The number of para-hydroxylation sites is 1. The number of fused-ring (bicyclic) bond motifs is 3. The summed E-state index contributed by atoms with van der Waals surface area (Å²) < 4.78 is 7.33. The Kier molecular flexibility index (Phi) is 8.17. The largest absolute Gasteiger partial charge is 0.481 e. The summed E-state index contributed by atoms with van der Waals surface area (Å²) in [7, 11) is 0. The number of aryl methyl sites for hydroxylation is 1. The molecule has 2 fully saturated rings. The van der Waals surface area contributed by atoms with Crippen LogP contribution in [0, 0.1) is 24.2 Å². The zero-order valence-electron chi connectivity index (χ0n) is 24.0. The van der Waals surface area contributed by atoms with Gasteiger partial charge in [0.1, 0.15) is 6.10 Å². The van der Waals surface area contributed by atoms with Crippen LogP contribution >= 0.6 is 11.3 Å². The van der Waals surface area contributed by atoms with Gasteiger partial charge in [0, 0.05) is 18.8 Å². The summed E-state index contributed by atoms with van der Waals surface area (Å²) in [6, 6.07) is 15.4. The molecule has 1 saturated carbocycles. The van der Waals surface area contributed by atoms with Crippen molar-refractivity contribution in [2.24, 2.45) is 17.3 Å². The molecule has 0 unspecified atom stereocenters. The predicted molar refractivity (Wildman–Crippen MR) is 163 cm³/mol. The van der Waals surface area contributed by atoms with Gasteiger partial charge in [0.25, 0.3) is 5.19 Å². The molecule has 5 atom stereocenters. The van der Waals surface area contributed by atoms with Crippen LogP contribution in [0.25, 0.3) is 10.2 Å². The van der Waals surface area contributed by atoms with E-state index in [1.165, 1.54) is 11.3 Å². The Labute approximate surface area is 250 Å². The molecule has 8 heteroatoms. The van der Waals surface area contributed by atoms with Crippen LogP contribution in [0.2, 0.25) is 0 Å². The first-order chi connectivity index (χ1) is 20.3. The van der Waals surface area contributed by atoms with E-state index in [2.05, 4.69) is 36.2 Å². The van der Waals surface area contributed by atoms with Crippen molar-refractivity contribution in [3.8, 4) is 5.19 Å². The van der Waals surface area contributed by atoms with Gasteiger partial charge in [-0.05, 0) is 62.6 Å². The fraction of sp³-hybridized carbons (Fsp3) is 0.471. The number of thiazole rings is 1. The van der Waals surface area contributed by atoms with Gasteiger partial charge in [-0.3, -0.25) is 14.4 Å². The number of carboxylic acid groups (broad SMARTS) is 1. The number of carbonyl (C=O) groups is 3. The Morgan fingerprint density at radius 1 is 1.14 bits per heavy atom. The van der Waals surface area contributed by atoms with Crippen LogP contribution in [0.3, 0.4) is 0 Å². The standard InChI is InChI=1S/C34H38N2O5S/c1-22-10-9-11-23(16-22)17-24-12-5-3-2-4-6-13-25-19-34(25,32(39)40)20-29(37)28-18-26(21-36(28)31(24)38)41-33-35-27-14-7-8-15-30(27)42-33/h6-11,13-16,24-26,28H,2-5,12,17-21H2,1H3,(H,39,40)/b13-6-/t24-,25+,26-,28+,34-/m1/s1. The second-order valence-corrected chi connectivity index (χ2v) is 13.3. The van der Waals surface area contributed by atoms with E-state index in [0.29, 0.717) is 31.0 Å². The molecule has 2 aliphatic heterocycles. The van der Waals surface area contributed by atoms with Gasteiger partial charge < -0.3 is 14.7 Å². The van der Waals surface area contributed by atoms with Gasteiger partial charge >= 0.3 is 5.97 Å². The Morgan fingerprint density at radius 2 is 2.00 bits per heavy atom. The number of Topliss-reactive ketones (excluding diaryl/α,β-unsaturated/α-hetero) is 1. The molecular weight excluding hydrogens is 548 g/mol. The highest BCUT2D eigenvalue weighted by Gasteiger charge is 2.61. The molecule has 2 aromatic carbocycles. The Hall–Kier alpha value is -3.52. The lowest BCUT2D eigenvalue weighted by atomic mass is 9.90. The molecule has 1 aromatic heterocycles. The SMILES string of the molecule is Cc1cccc(C[C@H]2CCCCC/C=C\[C@H]3C[C@@]3(C(=O)O)CC(=O)[C@@H]3C[C@@H](Oc4nc5ccccc5s4)CN3C2=O)c1. The maximum Gasteiger partial charge on any atom is 0.310 e. The number of aliphatic carboxylic acids is 1. The zero-order valence-corrected chi connectivity index (χ0v) is 24.9. The minimum absolute atomic E-state index is 0.0324. The van der Waals surface area contributed by atoms with Gasteiger partial charge in [-0.15, -0.1) is 0 Å². The smallest absolute Gasteiger partial charge is 0.310 e. The number of nitrogens with zero attached hydrogens (tertiary/aromatic N) is 2. The van der Waals surface area contributed by atoms with Gasteiger partial charge in [0.15, 0.2) is 5.78 Å². The maximum absolute atomic E-state index is 14.3. The maximum atomic E-state index is 14.3. The van der Waals surface area contributed by atoms with E-state index >= 15 is 0 Å². The number of hydrogen-bond acceptors (Lipinski definition) is 6. The second-order valence-electron chi connectivity index (χ2n) is 12.3. The van der Waals surface area contributed by atoms with E-state index in [4.69, 9.17) is 4.74 Å². The minimum Gasteiger partial charge on any atom is -0.481 e. The molecule has 7 nitrogen and oxygen atoms in total. The highest BCUT2D eigenvalue weighted by Crippen LogP contribution is 2.57. The molecular formula is C34H38N2O5S. The summed E-state index contributed by atoms with van der Waals surface area (Å²) in [6.45, 7) is 2.34. The molecule has 3 aromatic rings. The molecule has 1 amide bonds. The number of aromatic nitrogens is 1. The second kappa shape index (κ2) is 12.0. The van der Waals surface area contributed by atoms with E-state index < -0.39 is 23.5 Å². The number of ketones is 1. The lowest BCUT2D eigenvalue weighted by molar-refractivity contribution is -0.147. The molecule has 0 spiro atoms. The summed E-state index contributed by atoms with van der Waals surface area (Å²) in [5.41, 5.74) is 2.05. The normalized spacial score (nSPS) is 29.3. The lowest BCUT2D eigenvalue weighted by Crippen LogP contribution is -2.45. The van der Waals surface area contributed by atoms with Crippen molar-refractivity contribution in [1.82, 2.24) is 9.88 Å². The summed E-state index contributed by atoms with van der Waals surface area (Å²) in [4.78, 5) is 47.0. The number of amides is 1. The Bertz CT molecular complexity index is 1480. The van der Waals surface area contributed by atoms with Gasteiger partial charge in [0.05, 0.1) is 28.2 Å². The third-order valence-electron chi connectivity index (χ3n) is 9.21. The monoisotopic (exact) mass is 586 g/mol. The van der Waals surface area contributed by atoms with Gasteiger partial charge in [0.2, 0.25) is 5.91 Å². The fourth-order valence-electron chi connectivity index (χ4n) is 6.78. The predicted octanol–water partition coefficient (Wildman–Crippen LogP) is 6.38. The van der Waals surface area contributed by atoms with Gasteiger partial charge in [-0.2, -0.15) is 0 Å². The molecule has 220 valence electrons. The first-order valence-corrected chi connectivity index (χ1v) is 15.9. The number of carbonyl (C=O) groups excluding carboxylic acids is 2. The van der Waals surface area contributed by atoms with Crippen molar-refractivity contribution in [2.45, 2.75) is 76.9 Å². The van der Waals surface area contributed by atoms with Gasteiger partial charge in [-0.1, -0.05) is 78.3 Å². The number of carboxylic acids is 1. The van der Waals surface area contributed by atoms with Crippen molar-refractivity contribution >= 4 is 39.2 Å². The third-order valence-corrected chi connectivity index (χ3v) is 10.1. The quantitative estimate of drug-likeness (QED) is 0.349. The molecule has 1 N–H and O–H groups in total. The lowest BCUT2D eigenvalue weighted by Gasteiger charge is -2.29. The first-order valence-electron chi connectivity index (χ1n) is 15.1. The highest BCUT2D eigenvalue weighted by molar-refractivity contribution is 7.20. The average molecular weight is 587 g/mol. The number of allylic oxidation sites excluding steroid dienone is 2. The van der Waals surface area contributed by atoms with E-state index in [0.717, 1.165) is 53.4 Å². The first kappa shape index (κ1) is 28.6. The van der Waals surface area contributed by atoms with Crippen LogP contribution in [-0.4, -0.2) is 51.3 Å². The average Bonchev–Trinajstić information content (AvgIpc) is 3.28. The summed E-state index contributed by atoms with van der Waals surface area (Å²) in [5, 5.41) is 10.7. The van der Waals surface area contributed by atoms with Crippen LogP contribution in [0.1, 0.15) is 62.5 Å². The van der Waals surface area contributed by atoms with Crippen LogP contribution in [0.15, 0.2) is 60.7 Å². The zero-order chi connectivity index (χ0) is 29.3. The van der Waals surface area contributed by atoms with Crippen molar-refractivity contribution in [2.75, 3.05) is 6.54 Å². The topological polar surface area (TPSA) is 96.8 Å². The third kappa shape index (κ3) is 6.00. The minimum atomic E-state index is -1.07. The van der Waals surface area contributed by atoms with Crippen LogP contribution in [0.4, 0.5) is 0 Å². The van der Waals surface area contributed by atoms with Crippen LogP contribution in [-0.2, 0) is 20.8 Å². The molecule has 42 heavy (non-hydrogen) atoms. The van der Waals surface area contributed by atoms with Crippen LogP contribution in [0.5, 0.6) is 5.19 Å². The number of ether oxygens (including phenoxy) is 1. The molecule has 0 bridgehead atoms. The van der Waals surface area contributed by atoms with Gasteiger partial charge in [-0.25, -0.2) is 4.98 Å². The summed E-state index contributed by atoms with van der Waals surface area (Å²) in [6.07, 6.45) is 9.60. The van der Waals surface area contributed by atoms with Crippen LogP contribution < -0.4 is 4.74 Å². The molecule has 3 heterocycles. The van der Waals surface area contributed by atoms with E-state index in [1.807, 2.05) is 36.4 Å². The summed E-state index contributed by atoms with van der Waals surface area (Å²) >= 11 is 1.45. The van der Waals surface area contributed by atoms with E-state index in [-0.39, 0.29) is 29.9 Å². The Balaban J connectivity index is 1.29. The molecule has 3 aliphatic rings. The molecule has 6 rings (SSSR count). The summed E-state index contributed by atoms with van der Waals surface area (Å²) in [5.74, 6) is -1.54. The van der Waals surface area contributed by atoms with Crippen molar-refractivity contribution in [3.63, 3.8) is 0 Å². The number of hydrogen-bond donors (Lipinski definition) is 1. The molecule has 1 aliphatic carbocycles. The van der Waals surface area contributed by atoms with Crippen molar-refractivity contribution in [3.05, 3.63) is 71.8 Å². The molecule has 1 saturated heterocycles. The van der Waals surface area contributed by atoms with Crippen molar-refractivity contribution < 1.29 is 24.2 Å². The van der Waals surface area contributed by atoms with Crippen molar-refractivity contribution in [1.29, 1.82) is 0 Å². The number of benzene rings is 2. The van der Waals surface area contributed by atoms with E-state index in [9.17, 15) is 19.5 Å². The fourth-order valence-corrected chi connectivity index (χ4v) is 7.66. The highest BCUT2D eigenvalue weighted by atomic mass is 32.1. The number of rotatable bonds is 5.